The Morgan fingerprint density at radius 2 is 0.966 bits per heavy atom. The van der Waals surface area contributed by atoms with Crippen molar-refractivity contribution < 1.29 is 76.1 Å². The molecule has 0 saturated heterocycles. The number of carbonyl (C=O) groups is 5. The van der Waals surface area contributed by atoms with Crippen molar-refractivity contribution >= 4 is 29.6 Å². The fraction of sp³-hybridized carbons (Fsp3) is 0.821. The Bertz CT molecular complexity index is 1120. The number of esters is 1. The largest absolute Gasteiger partial charge is 0.460 e. The van der Waals surface area contributed by atoms with Crippen LogP contribution in [-0.4, -0.2) is 192 Å². The lowest BCUT2D eigenvalue weighted by Crippen LogP contribution is -2.50. The SMILES string of the molecule is COCCOCCOCCOCCOCCOCCOCCOCCOCCOCC(=O)NCCCC[C@@H](C(=O)NCCCC(=O)OC(C)(C)C)N1C(=O)C=CC1=O. The number of carbonyl (C=O) groups excluding carboxylic acids is 5. The summed E-state index contributed by atoms with van der Waals surface area (Å²) < 4.78 is 58.9. The molecule has 0 aromatic heterocycles. The normalized spacial score (nSPS) is 13.3. The van der Waals surface area contributed by atoms with Crippen LogP contribution >= 0.6 is 0 Å². The summed E-state index contributed by atoms with van der Waals surface area (Å²) in [5, 5.41) is 5.46. The molecule has 19 nitrogen and oxygen atoms in total. The van der Waals surface area contributed by atoms with Crippen LogP contribution in [0.4, 0.5) is 0 Å². The van der Waals surface area contributed by atoms with Crippen LogP contribution in [0.5, 0.6) is 0 Å². The Labute approximate surface area is 343 Å². The number of hydrogen-bond acceptors (Lipinski definition) is 16. The number of unbranched alkanes of at least 4 members (excludes halogenated alkanes) is 1. The van der Waals surface area contributed by atoms with Crippen molar-refractivity contribution in [2.24, 2.45) is 0 Å². The molecular weight excluding hydrogens is 766 g/mol. The van der Waals surface area contributed by atoms with Crippen molar-refractivity contribution in [3.05, 3.63) is 12.2 Å². The Kier molecular flexibility index (Phi) is 32.7. The van der Waals surface area contributed by atoms with E-state index in [2.05, 4.69) is 10.6 Å². The highest BCUT2D eigenvalue weighted by molar-refractivity contribution is 6.15. The van der Waals surface area contributed by atoms with E-state index in [1.54, 1.807) is 27.9 Å². The van der Waals surface area contributed by atoms with E-state index in [1.165, 1.54) is 0 Å². The van der Waals surface area contributed by atoms with Gasteiger partial charge in [-0.25, -0.2) is 0 Å². The number of rotatable bonds is 40. The van der Waals surface area contributed by atoms with Gasteiger partial charge in [-0.15, -0.1) is 0 Å². The zero-order valence-electron chi connectivity index (χ0n) is 35.1. The Morgan fingerprint density at radius 3 is 1.38 bits per heavy atom. The van der Waals surface area contributed by atoms with Crippen molar-refractivity contribution in [2.75, 3.05) is 146 Å². The van der Waals surface area contributed by atoms with E-state index in [0.29, 0.717) is 138 Å². The van der Waals surface area contributed by atoms with Crippen molar-refractivity contribution in [2.45, 2.75) is 64.5 Å². The quantitative estimate of drug-likeness (QED) is 0.0491. The van der Waals surface area contributed by atoms with E-state index in [-0.39, 0.29) is 44.5 Å². The van der Waals surface area contributed by atoms with Gasteiger partial charge in [-0.3, -0.25) is 28.9 Å². The third-order valence-corrected chi connectivity index (χ3v) is 7.60. The van der Waals surface area contributed by atoms with E-state index in [4.69, 9.17) is 52.1 Å². The fourth-order valence-electron chi connectivity index (χ4n) is 4.86. The first-order chi connectivity index (χ1) is 28.0. The third kappa shape index (κ3) is 30.9. The minimum atomic E-state index is -1.00. The van der Waals surface area contributed by atoms with Crippen molar-refractivity contribution in [3.63, 3.8) is 0 Å². The van der Waals surface area contributed by atoms with Gasteiger partial charge in [0.1, 0.15) is 18.2 Å². The predicted molar refractivity (Wildman–Crippen MR) is 209 cm³/mol. The molecule has 336 valence electrons. The summed E-state index contributed by atoms with van der Waals surface area (Å²) in [5.74, 6) is -2.28. The van der Waals surface area contributed by atoms with Crippen LogP contribution in [0.2, 0.25) is 0 Å². The molecule has 1 atom stereocenters. The van der Waals surface area contributed by atoms with E-state index in [1.807, 2.05) is 0 Å². The molecule has 0 aliphatic carbocycles. The van der Waals surface area contributed by atoms with Gasteiger partial charge in [-0.05, 0) is 46.5 Å². The number of imide groups is 1. The molecule has 0 saturated carbocycles. The van der Waals surface area contributed by atoms with Crippen molar-refractivity contribution in [1.82, 2.24) is 15.5 Å². The molecule has 1 aliphatic heterocycles. The summed E-state index contributed by atoms with van der Waals surface area (Å²) >= 11 is 0. The van der Waals surface area contributed by atoms with Crippen LogP contribution in [0, 0.1) is 0 Å². The lowest BCUT2D eigenvalue weighted by atomic mass is 10.1. The average Bonchev–Trinajstić information content (AvgIpc) is 3.51. The zero-order valence-corrected chi connectivity index (χ0v) is 35.1. The first kappa shape index (κ1) is 52.9. The average molecular weight is 836 g/mol. The van der Waals surface area contributed by atoms with E-state index in [9.17, 15) is 24.0 Å². The molecule has 0 fully saturated rings. The highest BCUT2D eigenvalue weighted by atomic mass is 16.6. The molecular formula is C39H69N3O16. The molecule has 0 spiro atoms. The molecule has 1 aliphatic rings. The number of ether oxygens (including phenoxy) is 11. The number of amides is 4. The molecule has 4 amide bonds. The predicted octanol–water partition coefficient (Wildman–Crippen LogP) is 0.600. The fourth-order valence-corrected chi connectivity index (χ4v) is 4.86. The van der Waals surface area contributed by atoms with Crippen LogP contribution in [0.15, 0.2) is 12.2 Å². The third-order valence-electron chi connectivity index (χ3n) is 7.60. The van der Waals surface area contributed by atoms with Gasteiger partial charge < -0.3 is 62.7 Å². The highest BCUT2D eigenvalue weighted by Crippen LogP contribution is 2.15. The molecule has 2 N–H and O–H groups in total. The van der Waals surface area contributed by atoms with Gasteiger partial charge in [0.2, 0.25) is 11.8 Å². The Balaban J connectivity index is 1.93. The second-order valence-corrected chi connectivity index (χ2v) is 13.7. The maximum Gasteiger partial charge on any atom is 0.306 e. The van der Waals surface area contributed by atoms with Crippen LogP contribution in [-0.2, 0) is 76.1 Å². The van der Waals surface area contributed by atoms with Crippen LogP contribution in [0.25, 0.3) is 0 Å². The summed E-state index contributed by atoms with van der Waals surface area (Å²) in [7, 11) is 1.63. The first-order valence-corrected chi connectivity index (χ1v) is 20.0. The smallest absolute Gasteiger partial charge is 0.306 e. The molecule has 0 bridgehead atoms. The molecule has 19 heteroatoms. The zero-order chi connectivity index (χ0) is 42.5. The number of hydrogen-bond donors (Lipinski definition) is 2. The molecule has 1 rings (SSSR count). The maximum absolute atomic E-state index is 12.9. The Hall–Kier alpha value is -3.11. The van der Waals surface area contributed by atoms with E-state index in [0.717, 1.165) is 17.1 Å². The summed E-state index contributed by atoms with van der Waals surface area (Å²) in [6.45, 7) is 13.9. The second-order valence-electron chi connectivity index (χ2n) is 13.7. The lowest BCUT2D eigenvalue weighted by molar-refractivity contribution is -0.155. The monoisotopic (exact) mass is 835 g/mol. The van der Waals surface area contributed by atoms with E-state index >= 15 is 0 Å². The first-order valence-electron chi connectivity index (χ1n) is 20.0. The van der Waals surface area contributed by atoms with Gasteiger partial charge in [0.25, 0.3) is 11.8 Å². The number of methoxy groups -OCH3 is 1. The van der Waals surface area contributed by atoms with Gasteiger partial charge in [0.15, 0.2) is 0 Å². The highest BCUT2D eigenvalue weighted by Gasteiger charge is 2.35. The van der Waals surface area contributed by atoms with Gasteiger partial charge in [-0.1, -0.05) is 0 Å². The van der Waals surface area contributed by atoms with Gasteiger partial charge >= 0.3 is 5.97 Å². The van der Waals surface area contributed by atoms with Crippen LogP contribution in [0.3, 0.4) is 0 Å². The van der Waals surface area contributed by atoms with Gasteiger partial charge in [-0.2, -0.15) is 0 Å². The molecule has 58 heavy (non-hydrogen) atoms. The molecule has 0 radical (unpaired) electrons. The number of nitrogens with one attached hydrogen (secondary N) is 2. The summed E-state index contributed by atoms with van der Waals surface area (Å²) in [5.41, 5.74) is -0.600. The molecule has 0 aromatic carbocycles. The topological polar surface area (TPSA) is 214 Å². The van der Waals surface area contributed by atoms with Gasteiger partial charge in [0, 0.05) is 38.8 Å². The summed E-state index contributed by atoms with van der Waals surface area (Å²) in [6, 6.07) is -1.00. The van der Waals surface area contributed by atoms with E-state index < -0.39 is 29.4 Å². The second kappa shape index (κ2) is 35.8. The minimum absolute atomic E-state index is 0.120. The van der Waals surface area contributed by atoms with Crippen LogP contribution < -0.4 is 10.6 Å². The number of nitrogens with zero attached hydrogens (tertiary/aromatic N) is 1. The van der Waals surface area contributed by atoms with Crippen LogP contribution in [0.1, 0.15) is 52.9 Å². The van der Waals surface area contributed by atoms with Gasteiger partial charge in [0.05, 0.1) is 119 Å². The summed E-state index contributed by atoms with van der Waals surface area (Å²) in [4.78, 5) is 62.5. The standard InChI is InChI=1S/C39H69N3O16/c1-39(2,3)58-37(46)9-7-13-41-38(47)33(42-35(44)10-11-36(42)45)8-5-6-12-40-34(43)32-57-31-30-56-29-28-55-27-26-54-25-24-53-23-22-52-21-20-51-19-18-50-17-16-49-15-14-48-4/h10-11,33H,5-9,12-32H2,1-4H3,(H,40,43)(H,41,47)/t33-/m0/s1. The van der Waals surface area contributed by atoms with Crippen molar-refractivity contribution in [3.8, 4) is 0 Å². The molecule has 0 unspecified atom stereocenters. The lowest BCUT2D eigenvalue weighted by Gasteiger charge is -2.25. The molecule has 0 aromatic rings. The molecule has 1 heterocycles. The summed E-state index contributed by atoms with van der Waals surface area (Å²) in [6.07, 6.45) is 3.92. The van der Waals surface area contributed by atoms with Crippen molar-refractivity contribution in [1.29, 1.82) is 0 Å². The Morgan fingerprint density at radius 1 is 0.569 bits per heavy atom. The maximum atomic E-state index is 12.9. The minimum Gasteiger partial charge on any atom is -0.460 e.